The van der Waals surface area contributed by atoms with Gasteiger partial charge < -0.3 is 15.3 Å². The van der Waals surface area contributed by atoms with E-state index in [2.05, 4.69) is 17.4 Å². The van der Waals surface area contributed by atoms with Crippen LogP contribution in [-0.4, -0.2) is 35.2 Å². The van der Waals surface area contributed by atoms with Gasteiger partial charge in [0.15, 0.2) is 0 Å². The lowest BCUT2D eigenvalue weighted by Gasteiger charge is -2.36. The van der Waals surface area contributed by atoms with Crippen molar-refractivity contribution in [2.75, 3.05) is 13.2 Å². The first kappa shape index (κ1) is 14.4. The number of hydrogen-bond acceptors (Lipinski definition) is 2. The monoisotopic (exact) mass is 288 g/mol. The topological polar surface area (TPSA) is 52.6 Å². The van der Waals surface area contributed by atoms with Gasteiger partial charge in [-0.2, -0.15) is 0 Å². The molecule has 0 heterocycles. The first-order valence-corrected chi connectivity index (χ1v) is 8.02. The average molecular weight is 288 g/mol. The van der Waals surface area contributed by atoms with Crippen LogP contribution in [0, 0.1) is 5.92 Å². The van der Waals surface area contributed by atoms with Crippen molar-refractivity contribution < 1.29 is 9.90 Å². The highest BCUT2D eigenvalue weighted by Crippen LogP contribution is 2.38. The van der Waals surface area contributed by atoms with Crippen molar-refractivity contribution in [3.8, 4) is 0 Å². The summed E-state index contributed by atoms with van der Waals surface area (Å²) in [6, 6.07) is 10.7. The molecule has 2 N–H and O–H groups in total. The second-order valence-corrected chi connectivity index (χ2v) is 6.18. The Morgan fingerprint density at radius 3 is 2.48 bits per heavy atom. The molecule has 4 heteroatoms. The Morgan fingerprint density at radius 1 is 1.24 bits per heavy atom. The summed E-state index contributed by atoms with van der Waals surface area (Å²) < 4.78 is 0. The molecule has 2 aliphatic carbocycles. The quantitative estimate of drug-likeness (QED) is 0.845. The van der Waals surface area contributed by atoms with Crippen molar-refractivity contribution in [2.45, 2.75) is 44.2 Å². The molecule has 0 spiro atoms. The Hall–Kier alpha value is -1.55. The molecular weight excluding hydrogens is 264 g/mol. The Morgan fingerprint density at radius 2 is 1.95 bits per heavy atom. The minimum absolute atomic E-state index is 0.0210. The van der Waals surface area contributed by atoms with E-state index >= 15 is 0 Å². The van der Waals surface area contributed by atoms with Crippen LogP contribution in [0.15, 0.2) is 30.3 Å². The molecule has 3 rings (SSSR count). The second kappa shape index (κ2) is 6.48. The highest BCUT2D eigenvalue weighted by atomic mass is 16.3. The SMILES string of the molecule is O=C(N[C@H](c1ccccc1)C1CCC1)N(CCO)C1CC1. The fourth-order valence-corrected chi connectivity index (χ4v) is 3.07. The molecule has 1 atom stereocenters. The van der Waals surface area contributed by atoms with Gasteiger partial charge >= 0.3 is 6.03 Å². The van der Waals surface area contributed by atoms with Crippen LogP contribution in [0.4, 0.5) is 4.79 Å². The zero-order valence-corrected chi connectivity index (χ0v) is 12.4. The van der Waals surface area contributed by atoms with Gasteiger partial charge in [0.2, 0.25) is 0 Å². The van der Waals surface area contributed by atoms with E-state index in [0.29, 0.717) is 18.5 Å². The fraction of sp³-hybridized carbons (Fsp3) is 0.588. The molecule has 0 saturated heterocycles. The summed E-state index contributed by atoms with van der Waals surface area (Å²) in [5, 5.41) is 12.4. The molecule has 0 bridgehead atoms. The molecule has 2 aliphatic rings. The molecule has 2 fully saturated rings. The lowest BCUT2D eigenvalue weighted by atomic mass is 9.77. The van der Waals surface area contributed by atoms with Gasteiger partial charge in [-0.05, 0) is 37.2 Å². The fourth-order valence-electron chi connectivity index (χ4n) is 3.07. The number of nitrogens with one attached hydrogen (secondary N) is 1. The highest BCUT2D eigenvalue weighted by Gasteiger charge is 2.35. The second-order valence-electron chi connectivity index (χ2n) is 6.18. The number of rotatable bonds is 6. The molecule has 1 aromatic carbocycles. The lowest BCUT2D eigenvalue weighted by molar-refractivity contribution is 0.158. The molecule has 2 amide bonds. The van der Waals surface area contributed by atoms with Crippen LogP contribution in [0.5, 0.6) is 0 Å². The number of benzene rings is 1. The van der Waals surface area contributed by atoms with Gasteiger partial charge in [0.1, 0.15) is 0 Å². The van der Waals surface area contributed by atoms with E-state index in [9.17, 15) is 4.79 Å². The zero-order chi connectivity index (χ0) is 14.7. The van der Waals surface area contributed by atoms with E-state index in [1.54, 1.807) is 4.90 Å². The van der Waals surface area contributed by atoms with Crippen LogP contribution < -0.4 is 5.32 Å². The summed E-state index contributed by atoms with van der Waals surface area (Å²) in [6.07, 6.45) is 5.75. The zero-order valence-electron chi connectivity index (χ0n) is 12.4. The summed E-state index contributed by atoms with van der Waals surface area (Å²) >= 11 is 0. The van der Waals surface area contributed by atoms with E-state index < -0.39 is 0 Å². The number of carbonyl (C=O) groups is 1. The van der Waals surface area contributed by atoms with Gasteiger partial charge in [0, 0.05) is 12.6 Å². The third-order valence-electron chi connectivity index (χ3n) is 4.65. The molecule has 1 aromatic rings. The summed E-state index contributed by atoms with van der Waals surface area (Å²) in [5.74, 6) is 0.548. The molecule has 0 aliphatic heterocycles. The van der Waals surface area contributed by atoms with Crippen molar-refractivity contribution in [2.24, 2.45) is 5.92 Å². The third kappa shape index (κ3) is 3.38. The van der Waals surface area contributed by atoms with Crippen LogP contribution >= 0.6 is 0 Å². The number of aliphatic hydroxyl groups is 1. The molecular formula is C17H24N2O2. The van der Waals surface area contributed by atoms with E-state index in [1.807, 2.05) is 18.2 Å². The van der Waals surface area contributed by atoms with Crippen molar-refractivity contribution in [1.82, 2.24) is 10.2 Å². The van der Waals surface area contributed by atoms with Crippen molar-refractivity contribution in [3.05, 3.63) is 35.9 Å². The predicted molar refractivity (Wildman–Crippen MR) is 81.9 cm³/mol. The van der Waals surface area contributed by atoms with Crippen LogP contribution in [0.25, 0.3) is 0 Å². The van der Waals surface area contributed by atoms with Gasteiger partial charge in [0.25, 0.3) is 0 Å². The van der Waals surface area contributed by atoms with Crippen LogP contribution in [0.2, 0.25) is 0 Å². The maximum absolute atomic E-state index is 12.5. The molecule has 0 unspecified atom stereocenters. The normalized spacial score (nSPS) is 19.7. The largest absolute Gasteiger partial charge is 0.395 e. The first-order chi connectivity index (χ1) is 10.3. The number of urea groups is 1. The number of nitrogens with zero attached hydrogens (tertiary/aromatic N) is 1. The van der Waals surface area contributed by atoms with Gasteiger partial charge in [0.05, 0.1) is 12.6 Å². The third-order valence-corrected chi connectivity index (χ3v) is 4.65. The molecule has 4 nitrogen and oxygen atoms in total. The summed E-state index contributed by atoms with van der Waals surface area (Å²) in [6.45, 7) is 0.464. The van der Waals surface area contributed by atoms with E-state index in [-0.39, 0.29) is 18.7 Å². The summed E-state index contributed by atoms with van der Waals surface area (Å²) in [7, 11) is 0. The number of carbonyl (C=O) groups excluding carboxylic acids is 1. The Bertz CT molecular complexity index is 469. The molecule has 21 heavy (non-hydrogen) atoms. The minimum atomic E-state index is -0.0210. The molecule has 2 saturated carbocycles. The average Bonchev–Trinajstić information content (AvgIpc) is 3.27. The maximum atomic E-state index is 12.5. The predicted octanol–water partition coefficient (Wildman–Crippen LogP) is 2.69. The van der Waals surface area contributed by atoms with Gasteiger partial charge in [-0.1, -0.05) is 36.8 Å². The number of amides is 2. The van der Waals surface area contributed by atoms with Crippen molar-refractivity contribution in [1.29, 1.82) is 0 Å². The van der Waals surface area contributed by atoms with Gasteiger partial charge in [-0.3, -0.25) is 0 Å². The Labute approximate surface area is 126 Å². The smallest absolute Gasteiger partial charge is 0.318 e. The molecule has 0 aromatic heterocycles. The van der Waals surface area contributed by atoms with E-state index in [4.69, 9.17) is 5.11 Å². The number of hydrogen-bond donors (Lipinski definition) is 2. The van der Waals surface area contributed by atoms with E-state index in [1.165, 1.54) is 24.8 Å². The van der Waals surface area contributed by atoms with Crippen LogP contribution in [0.1, 0.15) is 43.7 Å². The Kier molecular flexibility index (Phi) is 4.44. The maximum Gasteiger partial charge on any atom is 0.318 e. The standard InChI is InChI=1S/C17H24N2O2/c20-12-11-19(15-9-10-15)17(21)18-16(14-7-4-8-14)13-5-2-1-3-6-13/h1-3,5-6,14-16,20H,4,7-12H2,(H,18,21)/t16-/m1/s1. The van der Waals surface area contributed by atoms with Crippen molar-refractivity contribution in [3.63, 3.8) is 0 Å². The van der Waals surface area contributed by atoms with Crippen LogP contribution in [0.3, 0.4) is 0 Å². The summed E-state index contributed by atoms with van der Waals surface area (Å²) in [4.78, 5) is 14.3. The van der Waals surface area contributed by atoms with E-state index in [0.717, 1.165) is 12.8 Å². The van der Waals surface area contributed by atoms with Crippen molar-refractivity contribution >= 4 is 6.03 Å². The van der Waals surface area contributed by atoms with Crippen LogP contribution in [-0.2, 0) is 0 Å². The van der Waals surface area contributed by atoms with Gasteiger partial charge in [-0.25, -0.2) is 4.79 Å². The summed E-state index contributed by atoms with van der Waals surface area (Å²) in [5.41, 5.74) is 1.19. The molecule has 0 radical (unpaired) electrons. The first-order valence-electron chi connectivity index (χ1n) is 8.02. The highest BCUT2D eigenvalue weighted by molar-refractivity contribution is 5.75. The number of aliphatic hydroxyl groups excluding tert-OH is 1. The molecule has 114 valence electrons. The van der Waals surface area contributed by atoms with Gasteiger partial charge in [-0.15, -0.1) is 0 Å². The Balaban J connectivity index is 1.70. The minimum Gasteiger partial charge on any atom is -0.395 e. The lowest BCUT2D eigenvalue weighted by Crippen LogP contribution is -2.46.